The number of hydrogen-bond acceptors (Lipinski definition) is 6. The fraction of sp³-hybridized carbons (Fsp3) is 0.308. The Morgan fingerprint density at radius 3 is 2.51 bits per heavy atom. The summed E-state index contributed by atoms with van der Waals surface area (Å²) in [5, 5.41) is 0.588. The molecule has 0 atom stereocenters. The first-order chi connectivity index (χ1) is 17.0. The maximum atomic E-state index is 13.4. The molecule has 9 heteroatoms. The summed E-state index contributed by atoms with van der Waals surface area (Å²) in [6, 6.07) is 17.3. The van der Waals surface area contributed by atoms with Crippen molar-refractivity contribution in [1.82, 2.24) is 18.8 Å². The van der Waals surface area contributed by atoms with Gasteiger partial charge in [0.2, 0.25) is 0 Å². The molecule has 0 saturated heterocycles. The van der Waals surface area contributed by atoms with Crippen LogP contribution in [0.5, 0.6) is 0 Å². The molecule has 0 aliphatic heterocycles. The van der Waals surface area contributed by atoms with Gasteiger partial charge >= 0.3 is 0 Å². The molecule has 2 heterocycles. The monoisotopic (exact) mass is 553 g/mol. The number of nitrogens with two attached hydrogens (primary N) is 1. The first kappa shape index (κ1) is 25.2. The second-order valence-corrected chi connectivity index (χ2v) is 10.1. The summed E-state index contributed by atoms with van der Waals surface area (Å²) in [6.45, 7) is 3.95. The number of rotatable bonds is 10. The van der Waals surface area contributed by atoms with Crippen molar-refractivity contribution in [1.29, 1.82) is 0 Å². The maximum absolute atomic E-state index is 13.4. The molecule has 0 aliphatic carbocycles. The molecule has 1 amide bonds. The van der Waals surface area contributed by atoms with E-state index in [1.54, 1.807) is 4.57 Å². The zero-order valence-electron chi connectivity index (χ0n) is 19.6. The molecule has 35 heavy (non-hydrogen) atoms. The van der Waals surface area contributed by atoms with Gasteiger partial charge in [0, 0.05) is 29.5 Å². The summed E-state index contributed by atoms with van der Waals surface area (Å²) in [5.74, 6) is 0.694. The van der Waals surface area contributed by atoms with Crippen LogP contribution < -0.4 is 11.3 Å². The third-order valence-electron chi connectivity index (χ3n) is 5.87. The third-order valence-corrected chi connectivity index (χ3v) is 7.23. The highest BCUT2D eigenvalue weighted by molar-refractivity contribution is 9.10. The quantitative estimate of drug-likeness (QED) is 0.314. The molecule has 0 radical (unpaired) electrons. The minimum absolute atomic E-state index is 0.0193. The Kier molecular flexibility index (Phi) is 8.43. The van der Waals surface area contributed by atoms with Crippen molar-refractivity contribution in [3.63, 3.8) is 0 Å². The molecule has 4 aromatic rings. The van der Waals surface area contributed by atoms with Gasteiger partial charge in [-0.3, -0.25) is 14.2 Å². The molecule has 0 bridgehead atoms. The van der Waals surface area contributed by atoms with Crippen LogP contribution in [-0.2, 0) is 13.0 Å². The molecule has 182 valence electrons. The summed E-state index contributed by atoms with van der Waals surface area (Å²) < 4.78 is 7.03. The third kappa shape index (κ3) is 6.04. The number of amides is 1. The van der Waals surface area contributed by atoms with Gasteiger partial charge in [-0.25, -0.2) is 4.98 Å². The molecular formula is C26H28BrN5O2S. The predicted octanol–water partition coefficient (Wildman–Crippen LogP) is 4.40. The Bertz CT molecular complexity index is 1350. The van der Waals surface area contributed by atoms with Crippen LogP contribution in [-0.4, -0.2) is 44.4 Å². The number of fused-ring (bicyclic) bond motifs is 1. The van der Waals surface area contributed by atoms with Crippen molar-refractivity contribution in [3.05, 3.63) is 92.1 Å². The molecule has 4 rings (SSSR count). The zero-order valence-corrected chi connectivity index (χ0v) is 22.0. The van der Waals surface area contributed by atoms with Gasteiger partial charge in [-0.2, -0.15) is 4.37 Å². The average molecular weight is 555 g/mol. The fourth-order valence-corrected chi connectivity index (χ4v) is 5.08. The number of carbonyl (C=O) groups is 1. The number of nitrogens with zero attached hydrogens (tertiary/aromatic N) is 4. The highest BCUT2D eigenvalue weighted by atomic mass is 79.9. The van der Waals surface area contributed by atoms with Crippen molar-refractivity contribution in [2.75, 3.05) is 19.6 Å². The number of halogens is 1. The molecule has 0 spiro atoms. The lowest BCUT2D eigenvalue weighted by atomic mass is 10.1. The Balaban J connectivity index is 1.56. The van der Waals surface area contributed by atoms with E-state index in [0.717, 1.165) is 16.5 Å². The summed E-state index contributed by atoms with van der Waals surface area (Å²) in [7, 11) is 0. The summed E-state index contributed by atoms with van der Waals surface area (Å²) in [6.07, 6.45) is 1.98. The summed E-state index contributed by atoms with van der Waals surface area (Å²) in [5.41, 5.74) is 8.05. The van der Waals surface area contributed by atoms with Gasteiger partial charge in [0.1, 0.15) is 5.82 Å². The SMILES string of the molecule is Cc1nsc2nc(CCCN(CCCN)C(=O)c3ccc(Br)cc3)n(Cc3ccccc3)c(=O)c12. The minimum atomic E-state index is -0.0639. The van der Waals surface area contributed by atoms with E-state index in [1.807, 2.05) is 66.4 Å². The number of aromatic nitrogens is 3. The number of benzene rings is 2. The van der Waals surface area contributed by atoms with E-state index < -0.39 is 0 Å². The Morgan fingerprint density at radius 2 is 1.80 bits per heavy atom. The Labute approximate surface area is 216 Å². The fourth-order valence-electron chi connectivity index (χ4n) is 4.03. The van der Waals surface area contributed by atoms with Crippen LogP contribution in [0, 0.1) is 6.92 Å². The average Bonchev–Trinajstić information content (AvgIpc) is 3.24. The number of hydrogen-bond donors (Lipinski definition) is 1. The predicted molar refractivity (Wildman–Crippen MR) is 144 cm³/mol. The standard InChI is InChI=1S/C26H28BrN5O2S/c1-18-23-24(35-30-18)29-22(32(26(23)34)17-19-7-3-2-4-8-19)9-5-15-31(16-6-14-28)25(33)20-10-12-21(27)13-11-20/h2-4,7-8,10-13H,5-6,9,14-17,28H2,1H3. The molecule has 0 aliphatic rings. The van der Waals surface area contributed by atoms with Crippen molar-refractivity contribution >= 4 is 43.6 Å². The highest BCUT2D eigenvalue weighted by Crippen LogP contribution is 2.19. The van der Waals surface area contributed by atoms with Crippen molar-refractivity contribution in [2.24, 2.45) is 5.73 Å². The highest BCUT2D eigenvalue weighted by Gasteiger charge is 2.18. The van der Waals surface area contributed by atoms with E-state index in [9.17, 15) is 9.59 Å². The molecule has 0 unspecified atom stereocenters. The second kappa shape index (κ2) is 11.7. The lowest BCUT2D eigenvalue weighted by molar-refractivity contribution is 0.0752. The van der Waals surface area contributed by atoms with Gasteiger partial charge < -0.3 is 10.6 Å². The molecule has 2 aromatic carbocycles. The first-order valence-corrected chi connectivity index (χ1v) is 13.2. The van der Waals surface area contributed by atoms with Crippen molar-refractivity contribution in [2.45, 2.75) is 32.7 Å². The van der Waals surface area contributed by atoms with Crippen LogP contribution in [0.15, 0.2) is 63.9 Å². The van der Waals surface area contributed by atoms with Gasteiger partial charge in [-0.05, 0) is 67.7 Å². The Morgan fingerprint density at radius 1 is 1.09 bits per heavy atom. The van der Waals surface area contributed by atoms with E-state index >= 15 is 0 Å². The van der Waals surface area contributed by atoms with Crippen LogP contribution in [0.3, 0.4) is 0 Å². The second-order valence-electron chi connectivity index (χ2n) is 8.40. The minimum Gasteiger partial charge on any atom is -0.339 e. The molecular weight excluding hydrogens is 526 g/mol. The normalized spacial score (nSPS) is 11.2. The topological polar surface area (TPSA) is 94.1 Å². The van der Waals surface area contributed by atoms with Crippen LogP contribution in [0.25, 0.3) is 10.2 Å². The van der Waals surface area contributed by atoms with Gasteiger partial charge in [-0.1, -0.05) is 46.3 Å². The van der Waals surface area contributed by atoms with Crippen molar-refractivity contribution < 1.29 is 4.79 Å². The van der Waals surface area contributed by atoms with Crippen molar-refractivity contribution in [3.8, 4) is 0 Å². The largest absolute Gasteiger partial charge is 0.339 e. The van der Waals surface area contributed by atoms with Crippen LogP contribution in [0.1, 0.15) is 40.3 Å². The Hall–Kier alpha value is -2.88. The van der Waals surface area contributed by atoms with Gasteiger partial charge in [-0.15, -0.1) is 0 Å². The van der Waals surface area contributed by atoms with E-state index in [0.29, 0.717) is 66.3 Å². The smallest absolute Gasteiger partial charge is 0.264 e. The van der Waals surface area contributed by atoms with Crippen LogP contribution in [0.4, 0.5) is 0 Å². The number of aryl methyl sites for hydroxylation is 2. The molecule has 2 aromatic heterocycles. The van der Waals surface area contributed by atoms with Gasteiger partial charge in [0.15, 0.2) is 4.83 Å². The lowest BCUT2D eigenvalue weighted by Gasteiger charge is -2.23. The summed E-state index contributed by atoms with van der Waals surface area (Å²) in [4.78, 5) is 33.9. The maximum Gasteiger partial charge on any atom is 0.264 e. The number of carbonyl (C=O) groups excluding carboxylic acids is 1. The molecule has 7 nitrogen and oxygen atoms in total. The molecule has 0 fully saturated rings. The molecule has 2 N–H and O–H groups in total. The van der Waals surface area contributed by atoms with E-state index in [4.69, 9.17) is 10.7 Å². The molecule has 0 saturated carbocycles. The van der Waals surface area contributed by atoms with Crippen LogP contribution in [0.2, 0.25) is 0 Å². The van der Waals surface area contributed by atoms with Crippen LogP contribution >= 0.6 is 27.5 Å². The van der Waals surface area contributed by atoms with E-state index in [2.05, 4.69) is 20.3 Å². The van der Waals surface area contributed by atoms with E-state index in [-0.39, 0.29) is 11.5 Å². The zero-order chi connectivity index (χ0) is 24.8. The first-order valence-electron chi connectivity index (χ1n) is 11.6. The van der Waals surface area contributed by atoms with Gasteiger partial charge in [0.05, 0.1) is 17.6 Å². The lowest BCUT2D eigenvalue weighted by Crippen LogP contribution is -2.34. The van der Waals surface area contributed by atoms with Gasteiger partial charge in [0.25, 0.3) is 11.5 Å². The summed E-state index contributed by atoms with van der Waals surface area (Å²) >= 11 is 4.67. The van der Waals surface area contributed by atoms with E-state index in [1.165, 1.54) is 11.5 Å².